The Labute approximate surface area is 79.6 Å². The second-order valence-corrected chi connectivity index (χ2v) is 4.03. The molecule has 0 amide bonds. The van der Waals surface area contributed by atoms with E-state index < -0.39 is 12.0 Å². The number of rotatable bonds is 2. The smallest absolute Gasteiger partial charge is 0.320 e. The lowest BCUT2D eigenvalue weighted by atomic mass is 10.1. The molecule has 1 saturated heterocycles. The largest absolute Gasteiger partial charge is 0.480 e. The van der Waals surface area contributed by atoms with E-state index in [0.717, 1.165) is 11.6 Å². The number of hydrogen-bond acceptors (Lipinski definition) is 4. The topological polar surface area (TPSA) is 62.2 Å². The number of carboxylic acids is 1. The number of aromatic nitrogens is 1. The first-order chi connectivity index (χ1) is 6.27. The van der Waals surface area contributed by atoms with Crippen molar-refractivity contribution >= 4 is 17.3 Å². The van der Waals surface area contributed by atoms with E-state index in [1.54, 1.807) is 17.5 Å². The van der Waals surface area contributed by atoms with E-state index in [4.69, 9.17) is 5.11 Å². The van der Waals surface area contributed by atoms with Gasteiger partial charge in [-0.3, -0.25) is 4.79 Å². The van der Waals surface area contributed by atoms with E-state index in [0.29, 0.717) is 6.42 Å². The Morgan fingerprint density at radius 1 is 1.77 bits per heavy atom. The first-order valence-electron chi connectivity index (χ1n) is 4.13. The Balaban J connectivity index is 2.03. The molecule has 1 fully saturated rings. The van der Waals surface area contributed by atoms with Gasteiger partial charge in [0.2, 0.25) is 0 Å². The van der Waals surface area contributed by atoms with Crippen LogP contribution in [-0.2, 0) is 4.79 Å². The number of thiazole rings is 1. The number of hydrogen-bond donors (Lipinski definition) is 2. The number of aliphatic carboxylic acids is 1. The van der Waals surface area contributed by atoms with Crippen molar-refractivity contribution in [3.05, 3.63) is 16.6 Å². The molecule has 0 aliphatic carbocycles. The second kappa shape index (κ2) is 3.43. The molecule has 1 aromatic heterocycles. The molecule has 0 bridgehead atoms. The van der Waals surface area contributed by atoms with Gasteiger partial charge in [0.25, 0.3) is 0 Å². The van der Waals surface area contributed by atoms with Gasteiger partial charge in [-0.2, -0.15) is 0 Å². The molecule has 0 saturated carbocycles. The zero-order valence-electron chi connectivity index (χ0n) is 6.93. The minimum absolute atomic E-state index is 0.279. The highest BCUT2D eigenvalue weighted by atomic mass is 32.1. The molecule has 2 rings (SSSR count). The molecule has 0 aromatic carbocycles. The lowest BCUT2D eigenvalue weighted by molar-refractivity contribution is -0.139. The van der Waals surface area contributed by atoms with Crippen LogP contribution in [0.25, 0.3) is 0 Å². The van der Waals surface area contributed by atoms with Crippen molar-refractivity contribution in [1.82, 2.24) is 10.3 Å². The van der Waals surface area contributed by atoms with Crippen molar-refractivity contribution in [2.45, 2.75) is 18.4 Å². The normalized spacial score (nSPS) is 27.7. The number of carboxylic acid groups (broad SMARTS) is 1. The van der Waals surface area contributed by atoms with E-state index in [2.05, 4.69) is 10.3 Å². The van der Waals surface area contributed by atoms with Gasteiger partial charge in [0.05, 0.1) is 5.01 Å². The molecule has 70 valence electrons. The third-order valence-electron chi connectivity index (χ3n) is 2.23. The molecule has 0 unspecified atom stereocenters. The summed E-state index contributed by atoms with van der Waals surface area (Å²) in [7, 11) is 0. The van der Waals surface area contributed by atoms with E-state index in [-0.39, 0.29) is 5.92 Å². The maximum Gasteiger partial charge on any atom is 0.320 e. The van der Waals surface area contributed by atoms with Gasteiger partial charge in [-0.05, 0) is 6.42 Å². The number of carbonyl (C=O) groups is 1. The maximum absolute atomic E-state index is 10.6. The molecule has 2 N–H and O–H groups in total. The van der Waals surface area contributed by atoms with Crippen LogP contribution < -0.4 is 5.32 Å². The van der Waals surface area contributed by atoms with Gasteiger partial charge in [-0.1, -0.05) is 0 Å². The molecule has 0 radical (unpaired) electrons. The van der Waals surface area contributed by atoms with Crippen LogP contribution in [-0.4, -0.2) is 28.6 Å². The highest BCUT2D eigenvalue weighted by Crippen LogP contribution is 2.26. The maximum atomic E-state index is 10.6. The Bertz CT molecular complexity index is 299. The highest BCUT2D eigenvalue weighted by molar-refractivity contribution is 7.09. The summed E-state index contributed by atoms with van der Waals surface area (Å²) < 4.78 is 0. The van der Waals surface area contributed by atoms with Crippen LogP contribution in [0, 0.1) is 0 Å². The summed E-state index contributed by atoms with van der Waals surface area (Å²) in [5, 5.41) is 14.7. The zero-order chi connectivity index (χ0) is 9.26. The van der Waals surface area contributed by atoms with Crippen LogP contribution in [0.2, 0.25) is 0 Å². The molecule has 5 heteroatoms. The van der Waals surface area contributed by atoms with E-state index in [1.165, 1.54) is 0 Å². The van der Waals surface area contributed by atoms with Crippen LogP contribution in [0.1, 0.15) is 17.3 Å². The summed E-state index contributed by atoms with van der Waals surface area (Å²) in [5.74, 6) is -0.486. The molecule has 2 heterocycles. The summed E-state index contributed by atoms with van der Waals surface area (Å²) in [5.41, 5.74) is 0. The fourth-order valence-corrected chi connectivity index (χ4v) is 2.30. The molecule has 1 aromatic rings. The Kier molecular flexibility index (Phi) is 2.28. The van der Waals surface area contributed by atoms with Crippen LogP contribution in [0.3, 0.4) is 0 Å². The summed E-state index contributed by atoms with van der Waals surface area (Å²) in [6, 6.07) is -0.395. The van der Waals surface area contributed by atoms with Gasteiger partial charge in [0.1, 0.15) is 6.04 Å². The molecular weight excluding hydrogens is 188 g/mol. The van der Waals surface area contributed by atoms with Crippen molar-refractivity contribution < 1.29 is 9.90 Å². The van der Waals surface area contributed by atoms with Gasteiger partial charge in [-0.15, -0.1) is 11.3 Å². The standard InChI is InChI=1S/C8H10N2O2S/c11-8(12)6-3-5(4-10-6)7-9-1-2-13-7/h1-2,5-6,10H,3-4H2,(H,11,12)/t5-,6-/m0/s1. The van der Waals surface area contributed by atoms with E-state index in [1.807, 2.05) is 5.38 Å². The van der Waals surface area contributed by atoms with Gasteiger partial charge in [-0.25, -0.2) is 4.98 Å². The number of nitrogens with one attached hydrogen (secondary N) is 1. The molecule has 2 atom stereocenters. The average Bonchev–Trinajstić information content (AvgIpc) is 2.75. The van der Waals surface area contributed by atoms with Crippen LogP contribution >= 0.6 is 11.3 Å². The van der Waals surface area contributed by atoms with E-state index in [9.17, 15) is 4.79 Å². The molecule has 13 heavy (non-hydrogen) atoms. The average molecular weight is 198 g/mol. The van der Waals surface area contributed by atoms with Crippen molar-refractivity contribution in [3.8, 4) is 0 Å². The minimum Gasteiger partial charge on any atom is -0.480 e. The second-order valence-electron chi connectivity index (χ2n) is 3.10. The number of nitrogens with zero attached hydrogens (tertiary/aromatic N) is 1. The van der Waals surface area contributed by atoms with Crippen molar-refractivity contribution in [3.63, 3.8) is 0 Å². The first kappa shape index (κ1) is 8.65. The highest BCUT2D eigenvalue weighted by Gasteiger charge is 2.31. The van der Waals surface area contributed by atoms with Crippen LogP contribution in [0.4, 0.5) is 0 Å². The predicted octanol–water partition coefficient (Wildman–Crippen LogP) is 0.673. The lowest BCUT2D eigenvalue weighted by Crippen LogP contribution is -2.29. The van der Waals surface area contributed by atoms with Crippen molar-refractivity contribution in [2.75, 3.05) is 6.54 Å². The summed E-state index contributed by atoms with van der Waals surface area (Å²) in [4.78, 5) is 14.8. The molecular formula is C8H10N2O2S. The van der Waals surface area contributed by atoms with Gasteiger partial charge >= 0.3 is 5.97 Å². The van der Waals surface area contributed by atoms with Gasteiger partial charge < -0.3 is 10.4 Å². The third-order valence-corrected chi connectivity index (χ3v) is 3.17. The predicted molar refractivity (Wildman–Crippen MR) is 48.9 cm³/mol. The Morgan fingerprint density at radius 3 is 3.15 bits per heavy atom. The summed E-state index contributed by atoms with van der Waals surface area (Å²) in [6.07, 6.45) is 2.41. The minimum atomic E-state index is -0.765. The molecule has 1 aliphatic heterocycles. The Hall–Kier alpha value is -0.940. The van der Waals surface area contributed by atoms with Crippen molar-refractivity contribution in [1.29, 1.82) is 0 Å². The molecule has 0 spiro atoms. The van der Waals surface area contributed by atoms with Crippen molar-refractivity contribution in [2.24, 2.45) is 0 Å². The van der Waals surface area contributed by atoms with Gasteiger partial charge in [0.15, 0.2) is 0 Å². The third kappa shape index (κ3) is 1.71. The fourth-order valence-electron chi connectivity index (χ4n) is 1.55. The molecule has 1 aliphatic rings. The summed E-state index contributed by atoms with van der Waals surface area (Å²) in [6.45, 7) is 0.727. The Morgan fingerprint density at radius 2 is 2.62 bits per heavy atom. The monoisotopic (exact) mass is 198 g/mol. The zero-order valence-corrected chi connectivity index (χ0v) is 7.75. The lowest BCUT2D eigenvalue weighted by Gasteiger charge is -2.02. The fraction of sp³-hybridized carbons (Fsp3) is 0.500. The van der Waals surface area contributed by atoms with Crippen LogP contribution in [0.5, 0.6) is 0 Å². The van der Waals surface area contributed by atoms with Crippen LogP contribution in [0.15, 0.2) is 11.6 Å². The van der Waals surface area contributed by atoms with E-state index >= 15 is 0 Å². The first-order valence-corrected chi connectivity index (χ1v) is 5.01. The summed E-state index contributed by atoms with van der Waals surface area (Å²) >= 11 is 1.59. The molecule has 4 nitrogen and oxygen atoms in total. The quantitative estimate of drug-likeness (QED) is 0.733. The SMILES string of the molecule is O=C(O)[C@@H]1C[C@H](c2nccs2)CN1. The van der Waals surface area contributed by atoms with Gasteiger partial charge in [0, 0.05) is 24.0 Å².